The zero-order valence-electron chi connectivity index (χ0n) is 23.7. The third-order valence-electron chi connectivity index (χ3n) is 6.40. The molecular formula is C30H27F3N6O3S2. The van der Waals surface area contributed by atoms with E-state index in [4.69, 9.17) is 17.1 Å². The summed E-state index contributed by atoms with van der Waals surface area (Å²) < 4.78 is 42.5. The maximum absolute atomic E-state index is 12.8. The lowest BCUT2D eigenvalue weighted by atomic mass is 10.0. The van der Waals surface area contributed by atoms with E-state index < -0.39 is 6.36 Å². The molecule has 0 aliphatic carbocycles. The predicted molar refractivity (Wildman–Crippen MR) is 167 cm³/mol. The van der Waals surface area contributed by atoms with E-state index in [1.165, 1.54) is 47.0 Å². The van der Waals surface area contributed by atoms with Crippen LogP contribution in [0.4, 0.5) is 18.9 Å². The fourth-order valence-corrected chi connectivity index (χ4v) is 5.48. The smallest absolute Gasteiger partial charge is 0.406 e. The summed E-state index contributed by atoms with van der Waals surface area (Å²) in [7, 11) is 0. The molecule has 0 spiro atoms. The first-order valence-corrected chi connectivity index (χ1v) is 14.9. The van der Waals surface area contributed by atoms with E-state index >= 15 is 0 Å². The monoisotopic (exact) mass is 640 g/mol. The molecule has 1 amide bonds. The van der Waals surface area contributed by atoms with Crippen molar-refractivity contribution in [3.63, 3.8) is 0 Å². The molecule has 14 heteroatoms. The van der Waals surface area contributed by atoms with Crippen LogP contribution >= 0.6 is 24.0 Å². The van der Waals surface area contributed by atoms with E-state index in [9.17, 15) is 18.0 Å². The molecule has 0 atom stereocenters. The number of carbonyl (C=O) groups is 1. The number of ether oxygens (including phenoxy) is 1. The number of benzene rings is 3. The van der Waals surface area contributed by atoms with Gasteiger partial charge in [-0.2, -0.15) is 4.99 Å². The zero-order valence-corrected chi connectivity index (χ0v) is 25.3. The summed E-state index contributed by atoms with van der Waals surface area (Å²) >= 11 is 6.69. The third kappa shape index (κ3) is 7.81. The van der Waals surface area contributed by atoms with Gasteiger partial charge in [0.15, 0.2) is 11.0 Å². The number of aliphatic imine (C=N–C) groups is 1. The fraction of sp³-hybridized carbons (Fsp3) is 0.233. The number of nitrogens with one attached hydrogen (secondary N) is 1. The van der Waals surface area contributed by atoms with Gasteiger partial charge in [0.25, 0.3) is 0 Å². The van der Waals surface area contributed by atoms with Crippen LogP contribution < -0.4 is 15.1 Å². The number of thioether (sulfide) groups is 1. The van der Waals surface area contributed by atoms with Crippen molar-refractivity contribution in [2.24, 2.45) is 4.99 Å². The van der Waals surface area contributed by atoms with Crippen molar-refractivity contribution in [3.8, 4) is 22.8 Å². The van der Waals surface area contributed by atoms with Gasteiger partial charge in [0.05, 0.1) is 23.7 Å². The van der Waals surface area contributed by atoms with Crippen LogP contribution in [0.3, 0.4) is 0 Å². The highest BCUT2D eigenvalue weighted by molar-refractivity contribution is 8.15. The summed E-state index contributed by atoms with van der Waals surface area (Å²) in [5.41, 5.74) is 7.74. The lowest BCUT2D eigenvalue weighted by Gasteiger charge is -2.20. The van der Waals surface area contributed by atoms with Crippen LogP contribution in [0.5, 0.6) is 5.75 Å². The Kier molecular flexibility index (Phi) is 9.61. The minimum Gasteiger partial charge on any atom is -0.406 e. The van der Waals surface area contributed by atoms with E-state index in [-0.39, 0.29) is 29.1 Å². The molecule has 1 aliphatic rings. The Balaban J connectivity index is 1.17. The molecule has 1 N–H and O–H groups in total. The summed E-state index contributed by atoms with van der Waals surface area (Å²) in [5, 5.41) is 5.01. The first-order valence-electron chi connectivity index (χ1n) is 13.5. The van der Waals surface area contributed by atoms with Gasteiger partial charge >= 0.3 is 6.36 Å². The molecular weight excluding hydrogens is 613 g/mol. The number of thiocarbonyl (C=S) groups is 1. The van der Waals surface area contributed by atoms with Gasteiger partial charge in [-0.25, -0.2) is 15.1 Å². The first-order chi connectivity index (χ1) is 21.1. The number of amides is 1. The summed E-state index contributed by atoms with van der Waals surface area (Å²) in [6, 6.07) is 18.7. The molecule has 1 aromatic heterocycles. The number of alkyl halides is 3. The number of amidine groups is 1. The van der Waals surface area contributed by atoms with Crippen molar-refractivity contribution < 1.29 is 27.5 Å². The topological polar surface area (TPSA) is 93.9 Å². The van der Waals surface area contributed by atoms with Crippen LogP contribution in [0.1, 0.15) is 30.0 Å². The Hall–Kier alpha value is -4.27. The molecule has 9 nitrogen and oxygen atoms in total. The lowest BCUT2D eigenvalue weighted by molar-refractivity contribution is -0.274. The van der Waals surface area contributed by atoms with E-state index in [2.05, 4.69) is 32.2 Å². The number of nitrogens with zero attached hydrogens (tertiary/aromatic N) is 5. The van der Waals surface area contributed by atoms with E-state index in [1.807, 2.05) is 49.4 Å². The Morgan fingerprint density at radius 1 is 1.11 bits per heavy atom. The molecule has 3 aromatic carbocycles. The predicted octanol–water partition coefficient (Wildman–Crippen LogP) is 6.54. The Morgan fingerprint density at radius 3 is 2.57 bits per heavy atom. The molecule has 1 aliphatic heterocycles. The van der Waals surface area contributed by atoms with Gasteiger partial charge in [0, 0.05) is 5.56 Å². The number of hydrogen-bond acceptors (Lipinski definition) is 7. The van der Waals surface area contributed by atoms with Crippen LogP contribution in [0.15, 0.2) is 78.0 Å². The largest absolute Gasteiger partial charge is 0.573 e. The van der Waals surface area contributed by atoms with Crippen LogP contribution in [0, 0.1) is 6.92 Å². The second-order valence-electron chi connectivity index (χ2n) is 9.74. The number of hydrogen-bond donors (Lipinski definition) is 1. The number of hydroxylamine groups is 1. The summed E-state index contributed by atoms with van der Waals surface area (Å²) in [4.78, 5) is 28.7. The van der Waals surface area contributed by atoms with Crippen LogP contribution in [0.2, 0.25) is 0 Å². The number of rotatable bonds is 9. The molecule has 1 saturated heterocycles. The molecule has 5 rings (SSSR count). The molecule has 228 valence electrons. The van der Waals surface area contributed by atoms with Gasteiger partial charge in [-0.15, -0.1) is 18.3 Å². The van der Waals surface area contributed by atoms with E-state index in [0.717, 1.165) is 40.8 Å². The normalized spacial score (nSPS) is 14.3. The summed E-state index contributed by atoms with van der Waals surface area (Å²) in [6.45, 7) is 4.27. The molecule has 0 radical (unpaired) electrons. The summed E-state index contributed by atoms with van der Waals surface area (Å²) in [5.74, 6) is 0.352. The molecule has 0 bridgehead atoms. The maximum Gasteiger partial charge on any atom is 0.573 e. The van der Waals surface area contributed by atoms with Crippen molar-refractivity contribution in [3.05, 3.63) is 89.7 Å². The number of aromatic nitrogens is 3. The van der Waals surface area contributed by atoms with Crippen LogP contribution in [0.25, 0.3) is 17.1 Å². The van der Waals surface area contributed by atoms with Gasteiger partial charge in [0.1, 0.15) is 12.1 Å². The molecule has 0 saturated carbocycles. The number of carbonyl (C=O) groups excluding carboxylic acids is 1. The highest BCUT2D eigenvalue weighted by Crippen LogP contribution is 2.31. The van der Waals surface area contributed by atoms with Gasteiger partial charge in [-0.1, -0.05) is 61.5 Å². The molecule has 1 fully saturated rings. The van der Waals surface area contributed by atoms with Gasteiger partial charge in [-0.05, 0) is 72.6 Å². The quantitative estimate of drug-likeness (QED) is 0.163. The van der Waals surface area contributed by atoms with Crippen LogP contribution in [-0.2, 0) is 22.7 Å². The average Bonchev–Trinajstić information content (AvgIpc) is 3.61. The highest BCUT2D eigenvalue weighted by atomic mass is 32.2. The zero-order chi connectivity index (χ0) is 31.3. The first kappa shape index (κ1) is 31.2. The van der Waals surface area contributed by atoms with Crippen molar-refractivity contribution in [1.29, 1.82) is 0 Å². The minimum atomic E-state index is -4.76. The lowest BCUT2D eigenvalue weighted by Crippen LogP contribution is -2.32. The standard InChI is InChI=1S/C30H27F3N6O3S2/c1-3-4-21-8-5-19(2)15-25(21)39-26(40)17-44-29(39)35-28(43)37-41-16-20-6-9-22(10-7-20)27-34-18-38(36-27)23-11-13-24(14-12-23)42-30(31,32)33/h5-15,18H,3-4,16-17H2,1-2H3,(H,37,43)/b35-29-. The second kappa shape index (κ2) is 13.6. The number of aryl methyl sites for hydroxylation is 2. The molecule has 44 heavy (non-hydrogen) atoms. The highest BCUT2D eigenvalue weighted by Gasteiger charge is 2.32. The Labute approximate surface area is 261 Å². The van der Waals surface area contributed by atoms with Gasteiger partial charge < -0.3 is 4.74 Å². The van der Waals surface area contributed by atoms with Crippen molar-refractivity contribution in [2.75, 3.05) is 10.7 Å². The van der Waals surface area contributed by atoms with Crippen molar-refractivity contribution in [2.45, 2.75) is 39.7 Å². The van der Waals surface area contributed by atoms with Crippen molar-refractivity contribution >= 4 is 45.9 Å². The van der Waals surface area contributed by atoms with Crippen LogP contribution in [-0.4, -0.2) is 43.1 Å². The molecule has 4 aromatic rings. The Bertz CT molecular complexity index is 1670. The number of anilines is 1. The number of halogens is 3. The van der Waals surface area contributed by atoms with Crippen molar-refractivity contribution in [1.82, 2.24) is 20.2 Å². The third-order valence-corrected chi connectivity index (χ3v) is 7.50. The molecule has 0 unspecified atom stereocenters. The second-order valence-corrected chi connectivity index (χ2v) is 11.1. The summed E-state index contributed by atoms with van der Waals surface area (Å²) in [6.07, 6.45) is -1.49. The minimum absolute atomic E-state index is 0.0479. The van der Waals surface area contributed by atoms with Gasteiger partial charge in [-0.3, -0.25) is 14.5 Å². The van der Waals surface area contributed by atoms with Gasteiger partial charge in [0.2, 0.25) is 11.0 Å². The maximum atomic E-state index is 12.8. The molecule has 2 heterocycles. The van der Waals surface area contributed by atoms with E-state index in [1.54, 1.807) is 4.90 Å². The fourth-order valence-electron chi connectivity index (χ4n) is 4.41. The SMILES string of the molecule is CCCc1ccc(C)cc1N1C(=O)CS/C1=N\C(=S)NOCc1ccc(-c2ncn(-c3ccc(OC(F)(F)F)cc3)n2)cc1. The Morgan fingerprint density at radius 2 is 1.86 bits per heavy atom. The van der Waals surface area contributed by atoms with E-state index in [0.29, 0.717) is 16.7 Å². The average molecular weight is 641 g/mol.